The molecule has 0 radical (unpaired) electrons. The minimum atomic E-state index is 0.566. The summed E-state index contributed by atoms with van der Waals surface area (Å²) in [4.78, 5) is 20.8. The van der Waals surface area contributed by atoms with Crippen molar-refractivity contribution in [1.29, 1.82) is 0 Å². The first-order valence-corrected chi connectivity index (χ1v) is 10.8. The van der Waals surface area contributed by atoms with Crippen molar-refractivity contribution in [3.63, 3.8) is 0 Å². The fourth-order valence-electron chi connectivity index (χ4n) is 4.62. The van der Waals surface area contributed by atoms with Crippen LogP contribution in [-0.4, -0.2) is 70.3 Å². The van der Waals surface area contributed by atoms with Crippen LogP contribution in [0.1, 0.15) is 37.2 Å². The van der Waals surface area contributed by atoms with Crippen molar-refractivity contribution >= 4 is 11.6 Å². The Hall–Kier alpha value is -2.19. The third kappa shape index (κ3) is 3.96. The van der Waals surface area contributed by atoms with E-state index in [1.54, 1.807) is 6.33 Å². The molecule has 2 aromatic rings. The van der Waals surface area contributed by atoms with Gasteiger partial charge in [0.1, 0.15) is 30.4 Å². The zero-order chi connectivity index (χ0) is 19.8. The van der Waals surface area contributed by atoms with Gasteiger partial charge in [-0.2, -0.15) is 0 Å². The van der Waals surface area contributed by atoms with Crippen LogP contribution < -0.4 is 9.80 Å². The standard InChI is InChI=1S/C21H31N7O/c1-25(2)19-11-20(24-15-23-19)28(16-3-4-16)17-5-7-26(8-6-17)13-18-12-22-21-14-29-10-9-27(18)21/h11-12,15-17H,3-10,13-14H2,1-2H3. The van der Waals surface area contributed by atoms with E-state index in [1.807, 2.05) is 20.3 Å². The van der Waals surface area contributed by atoms with Crippen LogP contribution in [0, 0.1) is 0 Å². The van der Waals surface area contributed by atoms with E-state index in [-0.39, 0.29) is 0 Å². The second kappa shape index (κ2) is 7.91. The summed E-state index contributed by atoms with van der Waals surface area (Å²) < 4.78 is 7.86. The number of nitrogens with zero attached hydrogens (tertiary/aromatic N) is 7. The molecule has 1 saturated heterocycles. The molecule has 1 aliphatic carbocycles. The zero-order valence-corrected chi connectivity index (χ0v) is 17.5. The number of piperidine rings is 1. The summed E-state index contributed by atoms with van der Waals surface area (Å²) in [6.07, 6.45) is 8.68. The van der Waals surface area contributed by atoms with Gasteiger partial charge in [-0.3, -0.25) is 4.90 Å². The average molecular weight is 398 g/mol. The number of ether oxygens (including phenoxy) is 1. The second-order valence-corrected chi connectivity index (χ2v) is 8.64. The molecular formula is C21H31N7O. The largest absolute Gasteiger partial charge is 0.372 e. The van der Waals surface area contributed by atoms with Gasteiger partial charge in [-0.15, -0.1) is 0 Å². The van der Waals surface area contributed by atoms with Crippen molar-refractivity contribution in [2.24, 2.45) is 0 Å². The molecule has 2 aromatic heterocycles. The van der Waals surface area contributed by atoms with E-state index in [4.69, 9.17) is 4.74 Å². The van der Waals surface area contributed by atoms with Crippen LogP contribution in [-0.2, 0) is 24.4 Å². The lowest BCUT2D eigenvalue weighted by Gasteiger charge is -2.39. The highest BCUT2D eigenvalue weighted by Gasteiger charge is 2.36. The first kappa shape index (κ1) is 18.8. The molecule has 8 nitrogen and oxygen atoms in total. The Labute approximate surface area is 172 Å². The van der Waals surface area contributed by atoms with Crippen LogP contribution in [0.25, 0.3) is 0 Å². The van der Waals surface area contributed by atoms with E-state index < -0.39 is 0 Å². The Kier molecular flexibility index (Phi) is 5.13. The smallest absolute Gasteiger partial charge is 0.135 e. The van der Waals surface area contributed by atoms with Gasteiger partial charge in [0.15, 0.2) is 0 Å². The van der Waals surface area contributed by atoms with Gasteiger partial charge >= 0.3 is 0 Å². The molecule has 0 atom stereocenters. The molecule has 0 unspecified atom stereocenters. The van der Waals surface area contributed by atoms with Crippen LogP contribution in [0.15, 0.2) is 18.6 Å². The SMILES string of the molecule is CN(C)c1cc(N(C2CC2)C2CCN(Cc3cnc4n3CCOC4)CC2)ncn1. The maximum atomic E-state index is 5.52. The molecule has 29 heavy (non-hydrogen) atoms. The molecular weight excluding hydrogens is 366 g/mol. The molecule has 0 N–H and O–H groups in total. The topological polar surface area (TPSA) is 62.5 Å². The van der Waals surface area contributed by atoms with Crippen molar-refractivity contribution in [2.75, 3.05) is 43.6 Å². The van der Waals surface area contributed by atoms with Crippen LogP contribution >= 0.6 is 0 Å². The number of rotatable bonds is 6. The van der Waals surface area contributed by atoms with E-state index in [0.29, 0.717) is 18.7 Å². The monoisotopic (exact) mass is 397 g/mol. The van der Waals surface area contributed by atoms with Gasteiger partial charge in [0.25, 0.3) is 0 Å². The molecule has 0 spiro atoms. The Morgan fingerprint density at radius 1 is 1.00 bits per heavy atom. The highest BCUT2D eigenvalue weighted by atomic mass is 16.5. The molecule has 156 valence electrons. The third-order valence-electron chi connectivity index (χ3n) is 6.35. The van der Waals surface area contributed by atoms with E-state index in [9.17, 15) is 0 Å². The van der Waals surface area contributed by atoms with Gasteiger partial charge in [0.2, 0.25) is 0 Å². The quantitative estimate of drug-likeness (QED) is 0.738. The maximum Gasteiger partial charge on any atom is 0.135 e. The third-order valence-corrected chi connectivity index (χ3v) is 6.35. The second-order valence-electron chi connectivity index (χ2n) is 8.64. The molecule has 1 saturated carbocycles. The van der Waals surface area contributed by atoms with Gasteiger partial charge in [-0.05, 0) is 25.7 Å². The summed E-state index contributed by atoms with van der Waals surface area (Å²) in [5, 5.41) is 0. The molecule has 2 fully saturated rings. The molecule has 3 aliphatic rings. The van der Waals surface area contributed by atoms with E-state index in [0.717, 1.165) is 50.2 Å². The van der Waals surface area contributed by atoms with Gasteiger partial charge in [-0.25, -0.2) is 15.0 Å². The van der Waals surface area contributed by atoms with Gasteiger partial charge in [-0.1, -0.05) is 0 Å². The number of fused-ring (bicyclic) bond motifs is 1. The number of anilines is 2. The fraction of sp³-hybridized carbons (Fsp3) is 0.667. The summed E-state index contributed by atoms with van der Waals surface area (Å²) in [5.74, 6) is 3.14. The van der Waals surface area contributed by atoms with Crippen LogP contribution in [0.4, 0.5) is 11.6 Å². The number of hydrogen-bond donors (Lipinski definition) is 0. The summed E-state index contributed by atoms with van der Waals surface area (Å²) >= 11 is 0. The molecule has 5 rings (SSSR count). The van der Waals surface area contributed by atoms with Crippen molar-refractivity contribution < 1.29 is 4.74 Å². The molecule has 0 aromatic carbocycles. The first-order chi connectivity index (χ1) is 14.2. The lowest BCUT2D eigenvalue weighted by Crippen LogP contribution is -2.46. The zero-order valence-electron chi connectivity index (χ0n) is 17.5. The van der Waals surface area contributed by atoms with Crippen molar-refractivity contribution in [3.05, 3.63) is 30.1 Å². The Morgan fingerprint density at radius 3 is 2.52 bits per heavy atom. The summed E-state index contributed by atoms with van der Waals surface area (Å²) in [6, 6.07) is 3.36. The molecule has 8 heteroatoms. The van der Waals surface area contributed by atoms with E-state index >= 15 is 0 Å². The predicted octanol–water partition coefficient (Wildman–Crippen LogP) is 1.90. The highest BCUT2D eigenvalue weighted by Crippen LogP contribution is 2.36. The summed E-state index contributed by atoms with van der Waals surface area (Å²) in [5.41, 5.74) is 1.33. The Balaban J connectivity index is 1.24. The van der Waals surface area contributed by atoms with Crippen LogP contribution in [0.2, 0.25) is 0 Å². The van der Waals surface area contributed by atoms with Crippen LogP contribution in [0.5, 0.6) is 0 Å². The minimum Gasteiger partial charge on any atom is -0.372 e. The molecule has 0 amide bonds. The lowest BCUT2D eigenvalue weighted by molar-refractivity contribution is 0.0792. The number of hydrogen-bond acceptors (Lipinski definition) is 7. The van der Waals surface area contributed by atoms with Gasteiger partial charge < -0.3 is 19.1 Å². The summed E-state index contributed by atoms with van der Waals surface area (Å²) in [7, 11) is 4.07. The number of imidazole rings is 1. The highest BCUT2D eigenvalue weighted by molar-refractivity contribution is 5.51. The number of aromatic nitrogens is 4. The van der Waals surface area contributed by atoms with E-state index in [1.165, 1.54) is 31.4 Å². The van der Waals surface area contributed by atoms with Crippen molar-refractivity contribution in [2.45, 2.75) is 57.5 Å². The van der Waals surface area contributed by atoms with E-state index in [2.05, 4.69) is 40.3 Å². The van der Waals surface area contributed by atoms with Crippen molar-refractivity contribution in [1.82, 2.24) is 24.4 Å². The summed E-state index contributed by atoms with van der Waals surface area (Å²) in [6.45, 7) is 5.60. The average Bonchev–Trinajstić information content (AvgIpc) is 3.50. The maximum absolute atomic E-state index is 5.52. The van der Waals surface area contributed by atoms with Gasteiger partial charge in [0, 0.05) is 64.6 Å². The first-order valence-electron chi connectivity index (χ1n) is 10.8. The predicted molar refractivity (Wildman–Crippen MR) is 112 cm³/mol. The fourth-order valence-corrected chi connectivity index (χ4v) is 4.62. The molecule has 0 bridgehead atoms. The minimum absolute atomic E-state index is 0.566. The lowest BCUT2D eigenvalue weighted by atomic mass is 10.0. The van der Waals surface area contributed by atoms with Crippen molar-refractivity contribution in [3.8, 4) is 0 Å². The molecule has 2 aliphatic heterocycles. The Bertz CT molecular complexity index is 839. The Morgan fingerprint density at radius 2 is 1.76 bits per heavy atom. The van der Waals surface area contributed by atoms with Crippen LogP contribution in [0.3, 0.4) is 0 Å². The van der Waals surface area contributed by atoms with Gasteiger partial charge in [0.05, 0.1) is 12.3 Å². The molecule has 4 heterocycles. The number of likely N-dealkylation sites (tertiary alicyclic amines) is 1. The normalized spacial score (nSPS) is 20.5.